The molecule has 0 spiro atoms. The first-order valence-electron chi connectivity index (χ1n) is 8.35. The number of carbonyl (C=O) groups is 2. The minimum atomic E-state index is -3.06. The molecule has 3 rings (SSSR count). The molecular weight excluding hydrogens is 364 g/mol. The summed E-state index contributed by atoms with van der Waals surface area (Å²) in [5, 5.41) is 6.22. The van der Waals surface area contributed by atoms with Crippen LogP contribution in [0.4, 0.5) is 0 Å². The van der Waals surface area contributed by atoms with Gasteiger partial charge in [0.25, 0.3) is 0 Å². The van der Waals surface area contributed by atoms with Crippen molar-refractivity contribution in [1.29, 1.82) is 0 Å². The first-order chi connectivity index (χ1) is 11.8. The summed E-state index contributed by atoms with van der Waals surface area (Å²) in [6.07, 6.45) is 2.08. The van der Waals surface area contributed by atoms with Gasteiger partial charge in [-0.1, -0.05) is 23.7 Å². The molecule has 25 heavy (non-hydrogen) atoms. The molecule has 1 aliphatic heterocycles. The van der Waals surface area contributed by atoms with Gasteiger partial charge in [-0.15, -0.1) is 0 Å². The van der Waals surface area contributed by atoms with Gasteiger partial charge in [-0.25, -0.2) is 8.42 Å². The van der Waals surface area contributed by atoms with Gasteiger partial charge < -0.3 is 10.6 Å². The maximum Gasteiger partial charge on any atom is 0.235 e. The molecular formula is C17H21ClN2O4S. The van der Waals surface area contributed by atoms with E-state index in [0.717, 1.165) is 5.56 Å². The molecule has 136 valence electrons. The van der Waals surface area contributed by atoms with Gasteiger partial charge in [0, 0.05) is 17.6 Å². The number of rotatable bonds is 6. The van der Waals surface area contributed by atoms with E-state index in [1.165, 1.54) is 0 Å². The summed E-state index contributed by atoms with van der Waals surface area (Å²) in [6.45, 7) is 0.438. The van der Waals surface area contributed by atoms with E-state index in [1.807, 2.05) is 12.1 Å². The highest BCUT2D eigenvalue weighted by Gasteiger charge is 2.56. The summed E-state index contributed by atoms with van der Waals surface area (Å²) in [7, 11) is -3.06. The topological polar surface area (TPSA) is 92.3 Å². The van der Waals surface area contributed by atoms with E-state index >= 15 is 0 Å². The van der Waals surface area contributed by atoms with Gasteiger partial charge >= 0.3 is 0 Å². The lowest BCUT2D eigenvalue weighted by molar-refractivity contribution is -0.137. The van der Waals surface area contributed by atoms with Crippen LogP contribution in [0, 0.1) is 5.41 Å². The second-order valence-electron chi connectivity index (χ2n) is 6.79. The summed E-state index contributed by atoms with van der Waals surface area (Å²) < 4.78 is 23.0. The van der Waals surface area contributed by atoms with Crippen LogP contribution in [0.2, 0.25) is 5.02 Å². The average molecular weight is 385 g/mol. The van der Waals surface area contributed by atoms with E-state index in [4.69, 9.17) is 11.6 Å². The quantitative estimate of drug-likeness (QED) is 0.718. The van der Waals surface area contributed by atoms with E-state index in [2.05, 4.69) is 10.6 Å². The molecule has 2 fully saturated rings. The molecule has 1 atom stereocenters. The lowest BCUT2D eigenvalue weighted by Crippen LogP contribution is -2.47. The normalized spacial score (nSPS) is 23.0. The third-order valence-electron chi connectivity index (χ3n) is 4.80. The number of halogens is 1. The highest BCUT2D eigenvalue weighted by atomic mass is 35.5. The fourth-order valence-electron chi connectivity index (χ4n) is 3.06. The van der Waals surface area contributed by atoms with E-state index in [9.17, 15) is 18.0 Å². The summed E-state index contributed by atoms with van der Waals surface area (Å²) in [6, 6.07) is 7.01. The molecule has 2 aliphatic rings. The van der Waals surface area contributed by atoms with Crippen LogP contribution >= 0.6 is 11.6 Å². The molecule has 8 heteroatoms. The molecule has 0 radical (unpaired) electrons. The highest BCUT2D eigenvalue weighted by molar-refractivity contribution is 7.91. The number of sulfone groups is 1. The zero-order valence-corrected chi connectivity index (χ0v) is 15.3. The van der Waals surface area contributed by atoms with Crippen LogP contribution in [0.3, 0.4) is 0 Å². The zero-order valence-electron chi connectivity index (χ0n) is 13.8. The Morgan fingerprint density at radius 1 is 1.16 bits per heavy atom. The second-order valence-corrected chi connectivity index (χ2v) is 9.45. The Hall–Kier alpha value is -1.60. The Morgan fingerprint density at radius 3 is 2.40 bits per heavy atom. The second kappa shape index (κ2) is 6.96. The average Bonchev–Trinajstić information content (AvgIpc) is 3.30. The lowest BCUT2D eigenvalue weighted by atomic mass is 10.0. The van der Waals surface area contributed by atoms with Crippen molar-refractivity contribution in [3.8, 4) is 0 Å². The fourth-order valence-corrected chi connectivity index (χ4v) is 4.85. The number of hydrogen-bond donors (Lipinski definition) is 2. The van der Waals surface area contributed by atoms with Crippen molar-refractivity contribution in [3.05, 3.63) is 34.9 Å². The maximum absolute atomic E-state index is 12.4. The van der Waals surface area contributed by atoms with Gasteiger partial charge in [-0.05, 0) is 43.4 Å². The standard InChI is InChI=1S/C17H21ClN2O4S/c18-13-3-1-12(2-4-13)5-9-19-15(21)17(7-8-17)16(22)20-14-6-10-25(23,24)11-14/h1-4,14H,5-11H2,(H,19,21)(H,20,22). The first-order valence-corrected chi connectivity index (χ1v) is 10.5. The number of amides is 2. The van der Waals surface area contributed by atoms with Crippen molar-refractivity contribution in [1.82, 2.24) is 10.6 Å². The summed E-state index contributed by atoms with van der Waals surface area (Å²) in [4.78, 5) is 24.8. The summed E-state index contributed by atoms with van der Waals surface area (Å²) in [5.41, 5.74) is 0.0296. The van der Waals surface area contributed by atoms with Crippen LogP contribution in [0.1, 0.15) is 24.8 Å². The van der Waals surface area contributed by atoms with Crippen LogP contribution in [0.15, 0.2) is 24.3 Å². The van der Waals surface area contributed by atoms with Crippen molar-refractivity contribution in [2.45, 2.75) is 31.7 Å². The third kappa shape index (κ3) is 4.33. The highest BCUT2D eigenvalue weighted by Crippen LogP contribution is 2.46. The monoisotopic (exact) mass is 384 g/mol. The van der Waals surface area contributed by atoms with Gasteiger partial charge in [0.1, 0.15) is 5.41 Å². The van der Waals surface area contributed by atoms with Crippen molar-refractivity contribution in [2.24, 2.45) is 5.41 Å². The van der Waals surface area contributed by atoms with Crippen LogP contribution < -0.4 is 10.6 Å². The molecule has 2 N–H and O–H groups in total. The first kappa shape index (κ1) is 18.2. The molecule has 6 nitrogen and oxygen atoms in total. The largest absolute Gasteiger partial charge is 0.355 e. The number of nitrogens with one attached hydrogen (secondary N) is 2. The SMILES string of the molecule is O=C(NCCc1ccc(Cl)cc1)C1(C(=O)NC2CCS(=O)(=O)C2)CC1. The summed E-state index contributed by atoms with van der Waals surface area (Å²) >= 11 is 5.83. The zero-order chi connectivity index (χ0) is 18.1. The van der Waals surface area contributed by atoms with Gasteiger partial charge in [0.05, 0.1) is 11.5 Å². The molecule has 2 amide bonds. The van der Waals surface area contributed by atoms with Gasteiger partial charge in [-0.3, -0.25) is 9.59 Å². The summed E-state index contributed by atoms with van der Waals surface area (Å²) in [5.74, 6) is -0.566. The fraction of sp³-hybridized carbons (Fsp3) is 0.529. The Labute approximate surface area is 152 Å². The van der Waals surface area contributed by atoms with Gasteiger partial charge in [0.15, 0.2) is 9.84 Å². The van der Waals surface area contributed by atoms with E-state index in [0.29, 0.717) is 37.3 Å². The third-order valence-corrected chi connectivity index (χ3v) is 6.82. The molecule has 1 aliphatic carbocycles. The Bertz CT molecular complexity index is 772. The minimum absolute atomic E-state index is 0.0347. The van der Waals surface area contributed by atoms with Crippen LogP contribution in [0.25, 0.3) is 0 Å². The van der Waals surface area contributed by atoms with Crippen molar-refractivity contribution in [3.63, 3.8) is 0 Å². The van der Waals surface area contributed by atoms with E-state index in [-0.39, 0.29) is 29.4 Å². The van der Waals surface area contributed by atoms with Gasteiger partial charge in [0.2, 0.25) is 11.8 Å². The van der Waals surface area contributed by atoms with E-state index in [1.54, 1.807) is 12.1 Å². The molecule has 1 aromatic carbocycles. The molecule has 1 aromatic rings. The van der Waals surface area contributed by atoms with Crippen molar-refractivity contribution in [2.75, 3.05) is 18.1 Å². The molecule has 1 saturated carbocycles. The van der Waals surface area contributed by atoms with Crippen LogP contribution in [-0.2, 0) is 25.8 Å². The number of carbonyl (C=O) groups excluding carboxylic acids is 2. The minimum Gasteiger partial charge on any atom is -0.355 e. The lowest BCUT2D eigenvalue weighted by Gasteiger charge is -2.18. The number of hydrogen-bond acceptors (Lipinski definition) is 4. The van der Waals surface area contributed by atoms with Crippen molar-refractivity contribution >= 4 is 33.3 Å². The van der Waals surface area contributed by atoms with Crippen molar-refractivity contribution < 1.29 is 18.0 Å². The predicted molar refractivity (Wildman–Crippen MR) is 95.0 cm³/mol. The molecule has 0 aromatic heterocycles. The molecule has 1 unspecified atom stereocenters. The van der Waals surface area contributed by atoms with Gasteiger partial charge in [-0.2, -0.15) is 0 Å². The number of benzene rings is 1. The smallest absolute Gasteiger partial charge is 0.235 e. The van der Waals surface area contributed by atoms with E-state index < -0.39 is 15.3 Å². The van der Waals surface area contributed by atoms with Crippen LogP contribution in [0.5, 0.6) is 0 Å². The predicted octanol–water partition coefficient (Wildman–Crippen LogP) is 1.08. The molecule has 1 saturated heterocycles. The Balaban J connectivity index is 1.49. The molecule has 0 bridgehead atoms. The van der Waals surface area contributed by atoms with Crippen LogP contribution in [-0.4, -0.2) is 44.3 Å². The Kier molecular flexibility index (Phi) is 5.06. The Morgan fingerprint density at radius 2 is 1.84 bits per heavy atom. The maximum atomic E-state index is 12.4. The molecule has 1 heterocycles.